The molecule has 1 atom stereocenters. The van der Waals surface area contributed by atoms with Gasteiger partial charge in [-0.15, -0.1) is 0 Å². The molecule has 0 bridgehead atoms. The highest BCUT2D eigenvalue weighted by Gasteiger charge is 2.26. The molecule has 0 radical (unpaired) electrons. The monoisotopic (exact) mass is 350 g/mol. The maximum absolute atomic E-state index is 10.8. The molecular formula is C17H23BrN2O. The second-order valence-corrected chi connectivity index (χ2v) is 6.51. The molecule has 1 unspecified atom stereocenters. The van der Waals surface area contributed by atoms with Gasteiger partial charge in [0.2, 0.25) is 0 Å². The van der Waals surface area contributed by atoms with E-state index in [1.54, 1.807) is 0 Å². The van der Waals surface area contributed by atoms with Crippen LogP contribution in [0.5, 0.6) is 0 Å². The number of rotatable bonds is 6. The Morgan fingerprint density at radius 2 is 1.86 bits per heavy atom. The first-order valence-corrected chi connectivity index (χ1v) is 8.26. The maximum Gasteiger partial charge on any atom is 0.0766 e. The minimum Gasteiger partial charge on any atom is -0.389 e. The molecule has 1 aromatic carbocycles. The van der Waals surface area contributed by atoms with Crippen molar-refractivity contribution in [1.82, 2.24) is 9.78 Å². The van der Waals surface area contributed by atoms with Crippen molar-refractivity contribution in [1.29, 1.82) is 0 Å². The first-order valence-electron chi connectivity index (χ1n) is 7.47. The smallest absolute Gasteiger partial charge is 0.0766 e. The standard InChI is InChI=1S/C17H23BrN2O/c1-4-14-16(18)15(20(5-2)19-14)12-17(3,21)11-13-9-7-6-8-10-13/h6-10,21H,4-5,11-12H2,1-3H3. The van der Waals surface area contributed by atoms with E-state index in [4.69, 9.17) is 0 Å². The van der Waals surface area contributed by atoms with Gasteiger partial charge in [-0.3, -0.25) is 4.68 Å². The molecule has 0 saturated heterocycles. The summed E-state index contributed by atoms with van der Waals surface area (Å²) in [5.41, 5.74) is 2.50. The Morgan fingerprint density at radius 3 is 2.43 bits per heavy atom. The van der Waals surface area contributed by atoms with E-state index < -0.39 is 5.60 Å². The highest BCUT2D eigenvalue weighted by molar-refractivity contribution is 9.10. The van der Waals surface area contributed by atoms with Crippen LogP contribution >= 0.6 is 15.9 Å². The lowest BCUT2D eigenvalue weighted by molar-refractivity contribution is 0.0585. The van der Waals surface area contributed by atoms with Crippen LogP contribution in [0, 0.1) is 0 Å². The number of hydrogen-bond acceptors (Lipinski definition) is 2. The predicted octanol–water partition coefficient (Wildman–Crippen LogP) is 3.76. The zero-order valence-corrected chi connectivity index (χ0v) is 14.5. The summed E-state index contributed by atoms with van der Waals surface area (Å²) < 4.78 is 3.03. The van der Waals surface area contributed by atoms with E-state index in [1.165, 1.54) is 0 Å². The maximum atomic E-state index is 10.8. The fourth-order valence-corrected chi connectivity index (χ4v) is 3.35. The second-order valence-electron chi connectivity index (χ2n) is 5.71. The summed E-state index contributed by atoms with van der Waals surface area (Å²) in [4.78, 5) is 0. The van der Waals surface area contributed by atoms with E-state index in [2.05, 4.69) is 47.0 Å². The summed E-state index contributed by atoms with van der Waals surface area (Å²) in [5.74, 6) is 0. The summed E-state index contributed by atoms with van der Waals surface area (Å²) in [6.07, 6.45) is 2.11. The molecule has 1 aromatic heterocycles. The topological polar surface area (TPSA) is 38.0 Å². The average molecular weight is 351 g/mol. The Morgan fingerprint density at radius 1 is 1.19 bits per heavy atom. The van der Waals surface area contributed by atoms with Gasteiger partial charge in [0.05, 0.1) is 21.5 Å². The van der Waals surface area contributed by atoms with Crippen molar-refractivity contribution in [2.75, 3.05) is 0 Å². The number of halogens is 1. The van der Waals surface area contributed by atoms with Crippen molar-refractivity contribution < 1.29 is 5.11 Å². The van der Waals surface area contributed by atoms with E-state index in [0.29, 0.717) is 12.8 Å². The fourth-order valence-electron chi connectivity index (χ4n) is 2.65. The van der Waals surface area contributed by atoms with Crippen LogP contribution in [-0.2, 0) is 25.8 Å². The summed E-state index contributed by atoms with van der Waals surface area (Å²) in [7, 11) is 0. The van der Waals surface area contributed by atoms with Crippen LogP contribution in [0.1, 0.15) is 37.7 Å². The van der Waals surface area contributed by atoms with Gasteiger partial charge in [0, 0.05) is 19.4 Å². The largest absolute Gasteiger partial charge is 0.389 e. The highest BCUT2D eigenvalue weighted by Crippen LogP contribution is 2.27. The van der Waals surface area contributed by atoms with Gasteiger partial charge in [0.25, 0.3) is 0 Å². The molecule has 0 spiro atoms. The van der Waals surface area contributed by atoms with Crippen molar-refractivity contribution in [2.45, 2.75) is 52.2 Å². The molecule has 3 nitrogen and oxygen atoms in total. The van der Waals surface area contributed by atoms with Crippen molar-refractivity contribution >= 4 is 15.9 Å². The number of benzene rings is 1. The molecule has 1 N–H and O–H groups in total. The first kappa shape index (κ1) is 16.2. The molecule has 2 aromatic rings. The van der Waals surface area contributed by atoms with Crippen LogP contribution in [0.3, 0.4) is 0 Å². The molecule has 0 fully saturated rings. The Kier molecular flexibility index (Phi) is 5.22. The SMILES string of the molecule is CCc1nn(CC)c(CC(C)(O)Cc2ccccc2)c1Br. The van der Waals surface area contributed by atoms with Gasteiger partial charge in [-0.1, -0.05) is 37.3 Å². The van der Waals surface area contributed by atoms with Crippen LogP contribution in [0.25, 0.3) is 0 Å². The lowest BCUT2D eigenvalue weighted by Gasteiger charge is -2.24. The molecule has 0 aliphatic rings. The van der Waals surface area contributed by atoms with Crippen LogP contribution in [0.2, 0.25) is 0 Å². The number of hydrogen-bond donors (Lipinski definition) is 1. The second kappa shape index (κ2) is 6.75. The average Bonchev–Trinajstić information content (AvgIpc) is 2.75. The molecule has 1 heterocycles. The summed E-state index contributed by atoms with van der Waals surface area (Å²) >= 11 is 3.65. The van der Waals surface area contributed by atoms with Crippen molar-refractivity contribution in [3.63, 3.8) is 0 Å². The molecule has 4 heteroatoms. The molecule has 2 rings (SSSR count). The van der Waals surface area contributed by atoms with Gasteiger partial charge in [-0.05, 0) is 41.8 Å². The van der Waals surface area contributed by atoms with Crippen LogP contribution < -0.4 is 0 Å². The van der Waals surface area contributed by atoms with Crippen LogP contribution in [0.15, 0.2) is 34.8 Å². The molecule has 0 amide bonds. The van der Waals surface area contributed by atoms with E-state index in [1.807, 2.05) is 29.8 Å². The van der Waals surface area contributed by atoms with E-state index in [0.717, 1.165) is 34.4 Å². The molecule has 0 aliphatic carbocycles. The highest BCUT2D eigenvalue weighted by atomic mass is 79.9. The first-order chi connectivity index (χ1) is 9.96. The zero-order chi connectivity index (χ0) is 15.5. The summed E-state index contributed by atoms with van der Waals surface area (Å²) in [6, 6.07) is 10.1. The van der Waals surface area contributed by atoms with Crippen LogP contribution in [-0.4, -0.2) is 20.5 Å². The van der Waals surface area contributed by atoms with Gasteiger partial charge in [-0.25, -0.2) is 0 Å². The molecule has 114 valence electrons. The van der Waals surface area contributed by atoms with Crippen molar-refractivity contribution in [3.05, 3.63) is 51.8 Å². The van der Waals surface area contributed by atoms with Crippen LogP contribution in [0.4, 0.5) is 0 Å². The number of aliphatic hydroxyl groups is 1. The zero-order valence-electron chi connectivity index (χ0n) is 12.9. The van der Waals surface area contributed by atoms with Gasteiger partial charge in [-0.2, -0.15) is 5.10 Å². The Hall–Kier alpha value is -1.13. The van der Waals surface area contributed by atoms with Crippen molar-refractivity contribution in [3.8, 4) is 0 Å². The van der Waals surface area contributed by atoms with Crippen molar-refractivity contribution in [2.24, 2.45) is 0 Å². The third-order valence-corrected chi connectivity index (χ3v) is 4.59. The van der Waals surface area contributed by atoms with Gasteiger partial charge in [0.15, 0.2) is 0 Å². The lowest BCUT2D eigenvalue weighted by Crippen LogP contribution is -2.31. The van der Waals surface area contributed by atoms with Gasteiger partial charge < -0.3 is 5.11 Å². The molecular weight excluding hydrogens is 328 g/mol. The molecule has 0 saturated carbocycles. The normalized spacial score (nSPS) is 14.1. The van der Waals surface area contributed by atoms with E-state index in [9.17, 15) is 5.11 Å². The minimum absolute atomic E-state index is 0.587. The fraction of sp³-hybridized carbons (Fsp3) is 0.471. The molecule has 0 aliphatic heterocycles. The predicted molar refractivity (Wildman–Crippen MR) is 89.5 cm³/mol. The number of aryl methyl sites for hydroxylation is 2. The van der Waals surface area contributed by atoms with E-state index in [-0.39, 0.29) is 0 Å². The Bertz CT molecular complexity index is 590. The summed E-state index contributed by atoms with van der Waals surface area (Å²) in [6.45, 7) is 6.88. The molecule has 21 heavy (non-hydrogen) atoms. The minimum atomic E-state index is -0.790. The Balaban J connectivity index is 2.22. The van der Waals surface area contributed by atoms with E-state index >= 15 is 0 Å². The lowest BCUT2D eigenvalue weighted by atomic mass is 9.91. The quantitative estimate of drug-likeness (QED) is 0.861. The Labute approximate surface area is 135 Å². The van der Waals surface area contributed by atoms with Gasteiger partial charge >= 0.3 is 0 Å². The summed E-state index contributed by atoms with van der Waals surface area (Å²) in [5, 5.41) is 15.4. The number of aromatic nitrogens is 2. The third kappa shape index (κ3) is 3.95. The van der Waals surface area contributed by atoms with Gasteiger partial charge in [0.1, 0.15) is 0 Å². The third-order valence-electron chi connectivity index (χ3n) is 3.67. The number of nitrogens with zero attached hydrogens (tertiary/aromatic N) is 2.